The van der Waals surface area contributed by atoms with Crippen LogP contribution in [-0.2, 0) is 20.1 Å². The van der Waals surface area contributed by atoms with Gasteiger partial charge in [0.1, 0.15) is 18.4 Å². The lowest BCUT2D eigenvalue weighted by molar-refractivity contribution is 0.289. The van der Waals surface area contributed by atoms with Gasteiger partial charge < -0.3 is 9.64 Å². The number of nitrogens with zero attached hydrogens (tertiary/aromatic N) is 10. The van der Waals surface area contributed by atoms with Crippen molar-refractivity contribution < 1.29 is 9.13 Å². The number of hydrogen-bond donors (Lipinski definition) is 0. The zero-order valence-corrected chi connectivity index (χ0v) is 20.0. The van der Waals surface area contributed by atoms with E-state index in [-0.39, 0.29) is 18.4 Å². The average Bonchev–Trinajstić information content (AvgIpc) is 3.53. The fourth-order valence-electron chi connectivity index (χ4n) is 4.29. The molecule has 1 saturated heterocycles. The Bertz CT molecular complexity index is 1380. The third kappa shape index (κ3) is 4.59. The highest BCUT2D eigenvalue weighted by Gasteiger charge is 2.26. The molecule has 0 radical (unpaired) electrons. The molecule has 0 N–H and O–H groups in total. The monoisotopic (exact) mass is 488 g/mol. The molecule has 1 aliphatic heterocycles. The first-order chi connectivity index (χ1) is 17.6. The third-order valence-corrected chi connectivity index (χ3v) is 6.36. The lowest BCUT2D eigenvalue weighted by atomic mass is 10.1. The number of rotatable bonds is 7. The van der Waals surface area contributed by atoms with Crippen molar-refractivity contribution in [1.29, 1.82) is 5.26 Å². The van der Waals surface area contributed by atoms with E-state index in [2.05, 4.69) is 48.5 Å². The Morgan fingerprint density at radius 2 is 1.94 bits per heavy atom. The predicted octanol–water partition coefficient (Wildman–Crippen LogP) is 2.86. The van der Waals surface area contributed by atoms with Crippen molar-refractivity contribution in [2.45, 2.75) is 38.8 Å². The first-order valence-corrected chi connectivity index (χ1v) is 11.7. The molecule has 1 aliphatic rings. The van der Waals surface area contributed by atoms with Gasteiger partial charge in [0.05, 0.1) is 12.2 Å². The maximum absolute atomic E-state index is 14.7. The van der Waals surface area contributed by atoms with Crippen LogP contribution in [0.25, 0.3) is 11.4 Å². The highest BCUT2D eigenvalue weighted by atomic mass is 19.1. The molecule has 0 amide bonds. The molecule has 4 heterocycles. The van der Waals surface area contributed by atoms with E-state index in [1.165, 1.54) is 16.8 Å². The van der Waals surface area contributed by atoms with Crippen LogP contribution in [0.15, 0.2) is 36.8 Å². The first-order valence-electron chi connectivity index (χ1n) is 11.7. The molecule has 0 atom stereocenters. The summed E-state index contributed by atoms with van der Waals surface area (Å²) >= 11 is 0. The minimum atomic E-state index is -0.539. The Labute approximate surface area is 207 Å². The van der Waals surface area contributed by atoms with Crippen molar-refractivity contribution >= 4 is 5.95 Å². The molecule has 5 rings (SSSR count). The van der Waals surface area contributed by atoms with Gasteiger partial charge in [-0.1, -0.05) is 6.92 Å². The van der Waals surface area contributed by atoms with Gasteiger partial charge in [-0.25, -0.2) is 19.0 Å². The Morgan fingerprint density at radius 3 is 2.58 bits per heavy atom. The van der Waals surface area contributed by atoms with Gasteiger partial charge in [0, 0.05) is 43.7 Å². The molecule has 0 bridgehead atoms. The summed E-state index contributed by atoms with van der Waals surface area (Å²) in [5.74, 6) is 0.712. The Morgan fingerprint density at radius 1 is 1.17 bits per heavy atom. The first kappa shape index (κ1) is 23.3. The van der Waals surface area contributed by atoms with Gasteiger partial charge in [-0.2, -0.15) is 10.4 Å². The molecule has 36 heavy (non-hydrogen) atoms. The van der Waals surface area contributed by atoms with Crippen LogP contribution in [0.3, 0.4) is 0 Å². The highest BCUT2D eigenvalue weighted by molar-refractivity contribution is 5.56. The predicted molar refractivity (Wildman–Crippen MR) is 127 cm³/mol. The van der Waals surface area contributed by atoms with Gasteiger partial charge in [-0.05, 0) is 53.5 Å². The number of piperidine rings is 1. The number of hydrogen-bond acceptors (Lipinski definition) is 9. The Kier molecular flexibility index (Phi) is 6.53. The van der Waals surface area contributed by atoms with E-state index in [4.69, 9.17) is 4.74 Å². The number of anilines is 1. The standard InChI is InChI=1S/C24H25FN10O/c1-3-16-12-27-24(28-13-16)34-8-6-19(7-9-34)35-21(11-26)18(14-29-35)15-36-22-5-4-17(10-20(22)25)23-30-31-32-33(23)2/h4-5,10,12-14,19H,3,6-9,15H2,1-2H3. The van der Waals surface area contributed by atoms with Crippen molar-refractivity contribution in [2.75, 3.05) is 18.0 Å². The van der Waals surface area contributed by atoms with E-state index in [0.29, 0.717) is 22.6 Å². The van der Waals surface area contributed by atoms with Crippen LogP contribution in [0.4, 0.5) is 10.3 Å². The number of ether oxygens (including phenoxy) is 1. The summed E-state index contributed by atoms with van der Waals surface area (Å²) in [5, 5.41) is 25.5. The van der Waals surface area contributed by atoms with E-state index in [1.807, 2.05) is 12.4 Å². The van der Waals surface area contributed by atoms with Crippen LogP contribution >= 0.6 is 0 Å². The Balaban J connectivity index is 1.23. The quantitative estimate of drug-likeness (QED) is 0.386. The second-order valence-electron chi connectivity index (χ2n) is 8.60. The highest BCUT2D eigenvalue weighted by Crippen LogP contribution is 2.28. The normalized spacial score (nSPS) is 14.1. The van der Waals surface area contributed by atoms with Gasteiger partial charge >= 0.3 is 0 Å². The minimum Gasteiger partial charge on any atom is -0.486 e. The van der Waals surface area contributed by atoms with E-state index in [1.54, 1.807) is 24.0 Å². The van der Waals surface area contributed by atoms with Crippen LogP contribution in [0, 0.1) is 17.1 Å². The SMILES string of the molecule is CCc1cnc(N2CCC(n3ncc(COc4ccc(-c5nnnn5C)cc4F)c3C#N)CC2)nc1. The molecule has 0 spiro atoms. The van der Waals surface area contributed by atoms with Crippen molar-refractivity contribution in [1.82, 2.24) is 40.0 Å². The average molecular weight is 489 g/mol. The van der Waals surface area contributed by atoms with Gasteiger partial charge in [0.25, 0.3) is 0 Å². The van der Waals surface area contributed by atoms with Crippen LogP contribution in [0.2, 0.25) is 0 Å². The van der Waals surface area contributed by atoms with Crippen LogP contribution in [0.1, 0.15) is 42.6 Å². The summed E-state index contributed by atoms with van der Waals surface area (Å²) in [6, 6.07) is 6.86. The summed E-state index contributed by atoms with van der Waals surface area (Å²) in [6.07, 6.45) is 7.87. The molecule has 0 saturated carbocycles. The summed E-state index contributed by atoms with van der Waals surface area (Å²) in [6.45, 7) is 3.64. The number of aromatic nitrogens is 8. The fourth-order valence-corrected chi connectivity index (χ4v) is 4.29. The molecule has 0 unspecified atom stereocenters. The summed E-state index contributed by atoms with van der Waals surface area (Å²) in [4.78, 5) is 11.1. The van der Waals surface area contributed by atoms with E-state index >= 15 is 0 Å². The van der Waals surface area contributed by atoms with E-state index in [9.17, 15) is 9.65 Å². The molecular weight excluding hydrogens is 463 g/mol. The molecule has 3 aromatic heterocycles. The molecule has 0 aliphatic carbocycles. The van der Waals surface area contributed by atoms with Gasteiger partial charge in [0.15, 0.2) is 17.4 Å². The molecule has 12 heteroatoms. The van der Waals surface area contributed by atoms with Gasteiger partial charge in [-0.15, -0.1) is 5.10 Å². The molecular formula is C24H25FN10O. The van der Waals surface area contributed by atoms with Crippen molar-refractivity contribution in [3.63, 3.8) is 0 Å². The molecule has 184 valence electrons. The summed E-state index contributed by atoms with van der Waals surface area (Å²) < 4.78 is 23.6. The molecule has 11 nitrogen and oxygen atoms in total. The topological polar surface area (TPSA) is 123 Å². The minimum absolute atomic E-state index is 0.0289. The number of halogens is 1. The van der Waals surface area contributed by atoms with Gasteiger partial charge in [0.2, 0.25) is 5.95 Å². The maximum Gasteiger partial charge on any atom is 0.225 e. The maximum atomic E-state index is 14.7. The number of nitriles is 1. The number of benzene rings is 1. The van der Waals surface area contributed by atoms with Crippen LogP contribution < -0.4 is 9.64 Å². The van der Waals surface area contributed by atoms with Gasteiger partial charge in [-0.3, -0.25) is 4.68 Å². The molecule has 1 fully saturated rings. The Hall–Kier alpha value is -4.40. The number of aryl methyl sites for hydroxylation is 2. The molecule has 4 aromatic rings. The second-order valence-corrected chi connectivity index (χ2v) is 8.60. The molecule has 1 aromatic carbocycles. The second kappa shape index (κ2) is 10.1. The lowest BCUT2D eigenvalue weighted by Crippen LogP contribution is -2.36. The number of tetrazole rings is 1. The lowest BCUT2D eigenvalue weighted by Gasteiger charge is -2.32. The van der Waals surface area contributed by atoms with Crippen LogP contribution in [-0.4, -0.2) is 53.0 Å². The summed E-state index contributed by atoms with van der Waals surface area (Å²) in [7, 11) is 1.68. The summed E-state index contributed by atoms with van der Waals surface area (Å²) in [5.41, 5.74) is 2.69. The smallest absolute Gasteiger partial charge is 0.225 e. The zero-order valence-electron chi connectivity index (χ0n) is 20.0. The third-order valence-electron chi connectivity index (χ3n) is 6.36. The van der Waals surface area contributed by atoms with E-state index in [0.717, 1.165) is 43.9 Å². The largest absolute Gasteiger partial charge is 0.486 e. The fraction of sp³-hybridized carbons (Fsp3) is 0.375. The van der Waals surface area contributed by atoms with Crippen molar-refractivity contribution in [2.24, 2.45) is 7.05 Å². The van der Waals surface area contributed by atoms with Crippen molar-refractivity contribution in [3.8, 4) is 23.2 Å². The van der Waals surface area contributed by atoms with Crippen LogP contribution in [0.5, 0.6) is 5.75 Å². The van der Waals surface area contributed by atoms with Crippen molar-refractivity contribution in [3.05, 3.63) is 59.4 Å². The zero-order chi connectivity index (χ0) is 25.1. The van der Waals surface area contributed by atoms with E-state index < -0.39 is 5.82 Å².